The van der Waals surface area contributed by atoms with Gasteiger partial charge in [-0.15, -0.1) is 11.8 Å². The van der Waals surface area contributed by atoms with E-state index < -0.39 is 0 Å². The Hall–Kier alpha value is -0.960. The summed E-state index contributed by atoms with van der Waals surface area (Å²) in [6.45, 7) is 2.92. The maximum Gasteiger partial charge on any atom is 0.223 e. The number of hydrogen-bond donors (Lipinski definition) is 1. The Morgan fingerprint density at radius 1 is 1.33 bits per heavy atom. The molecule has 3 heteroatoms. The lowest BCUT2D eigenvalue weighted by atomic mass is 9.85. The number of hydrogen-bond acceptors (Lipinski definition) is 2. The first-order valence-electron chi connectivity index (χ1n) is 6.79. The third-order valence-corrected chi connectivity index (χ3v) is 4.32. The molecule has 1 aromatic carbocycles. The first-order chi connectivity index (χ1) is 8.79. The van der Waals surface area contributed by atoms with Gasteiger partial charge >= 0.3 is 0 Å². The second kappa shape index (κ2) is 6.83. The van der Waals surface area contributed by atoms with E-state index in [1.54, 1.807) is 0 Å². The molecule has 0 heterocycles. The lowest BCUT2D eigenvalue weighted by molar-refractivity contribution is -0.127. The van der Waals surface area contributed by atoms with Gasteiger partial charge in [-0.05, 0) is 42.7 Å². The fourth-order valence-electron chi connectivity index (χ4n) is 2.06. The summed E-state index contributed by atoms with van der Waals surface area (Å²) in [5.41, 5.74) is 1.30. The van der Waals surface area contributed by atoms with Crippen molar-refractivity contribution < 1.29 is 4.79 Å². The maximum absolute atomic E-state index is 11.6. The van der Waals surface area contributed by atoms with Crippen LogP contribution in [0.15, 0.2) is 29.2 Å². The summed E-state index contributed by atoms with van der Waals surface area (Å²) in [5, 5.41) is 3.03. The van der Waals surface area contributed by atoms with Crippen LogP contribution in [0, 0.1) is 5.92 Å². The van der Waals surface area contributed by atoms with E-state index in [1.165, 1.54) is 16.9 Å². The second-order valence-electron chi connectivity index (χ2n) is 4.75. The molecule has 0 saturated heterocycles. The molecule has 1 aliphatic carbocycles. The van der Waals surface area contributed by atoms with Crippen LogP contribution in [0.25, 0.3) is 0 Å². The van der Waals surface area contributed by atoms with E-state index in [4.69, 9.17) is 0 Å². The Morgan fingerprint density at radius 2 is 2.06 bits per heavy atom. The zero-order chi connectivity index (χ0) is 12.8. The van der Waals surface area contributed by atoms with Gasteiger partial charge in [0.2, 0.25) is 5.91 Å². The molecular weight excluding hydrogens is 242 g/mol. The Morgan fingerprint density at radius 3 is 2.61 bits per heavy atom. The van der Waals surface area contributed by atoms with Crippen molar-refractivity contribution in [1.29, 1.82) is 0 Å². The predicted octanol–water partition coefficient (Wildman–Crippen LogP) is 3.26. The van der Waals surface area contributed by atoms with Crippen LogP contribution in [0.2, 0.25) is 0 Å². The number of thioether (sulfide) groups is 1. The largest absolute Gasteiger partial charge is 0.356 e. The van der Waals surface area contributed by atoms with Crippen molar-refractivity contribution in [3.63, 3.8) is 0 Å². The SMILES string of the molecule is CCSc1ccc(CCNC(=O)C2CCC2)cc1. The first kappa shape index (κ1) is 13.5. The van der Waals surface area contributed by atoms with Crippen LogP contribution in [-0.4, -0.2) is 18.2 Å². The second-order valence-corrected chi connectivity index (χ2v) is 6.08. The summed E-state index contributed by atoms with van der Waals surface area (Å²) in [6.07, 6.45) is 4.30. The monoisotopic (exact) mass is 263 g/mol. The summed E-state index contributed by atoms with van der Waals surface area (Å²) in [4.78, 5) is 13.0. The van der Waals surface area contributed by atoms with Crippen LogP contribution >= 0.6 is 11.8 Å². The Bertz CT molecular complexity index is 384. The molecule has 0 unspecified atom stereocenters. The minimum atomic E-state index is 0.249. The van der Waals surface area contributed by atoms with Crippen LogP contribution in [0.4, 0.5) is 0 Å². The van der Waals surface area contributed by atoms with E-state index >= 15 is 0 Å². The predicted molar refractivity (Wildman–Crippen MR) is 76.9 cm³/mol. The van der Waals surface area contributed by atoms with Gasteiger partial charge in [0.25, 0.3) is 0 Å². The van der Waals surface area contributed by atoms with Gasteiger partial charge in [-0.3, -0.25) is 4.79 Å². The van der Waals surface area contributed by atoms with Crippen molar-refractivity contribution in [2.45, 2.75) is 37.5 Å². The highest BCUT2D eigenvalue weighted by Crippen LogP contribution is 2.26. The minimum absolute atomic E-state index is 0.249. The van der Waals surface area contributed by atoms with E-state index in [0.717, 1.165) is 31.6 Å². The van der Waals surface area contributed by atoms with Crippen LogP contribution in [0.3, 0.4) is 0 Å². The molecule has 2 rings (SSSR count). The topological polar surface area (TPSA) is 29.1 Å². The first-order valence-corrected chi connectivity index (χ1v) is 7.77. The highest BCUT2D eigenvalue weighted by molar-refractivity contribution is 7.99. The lowest BCUT2D eigenvalue weighted by Gasteiger charge is -2.24. The number of carbonyl (C=O) groups excluding carboxylic acids is 1. The molecule has 0 atom stereocenters. The zero-order valence-corrected chi connectivity index (χ0v) is 11.8. The molecule has 18 heavy (non-hydrogen) atoms. The van der Waals surface area contributed by atoms with E-state index in [9.17, 15) is 4.79 Å². The normalized spacial score (nSPS) is 15.2. The number of nitrogens with one attached hydrogen (secondary N) is 1. The number of carbonyl (C=O) groups is 1. The van der Waals surface area contributed by atoms with E-state index in [-0.39, 0.29) is 5.91 Å². The standard InChI is InChI=1S/C15H21NOS/c1-2-18-14-8-6-12(7-9-14)10-11-16-15(17)13-4-3-5-13/h6-9,13H,2-5,10-11H2,1H3,(H,16,17). The summed E-state index contributed by atoms with van der Waals surface area (Å²) < 4.78 is 0. The molecular formula is C15H21NOS. The third kappa shape index (κ3) is 3.77. The Labute approximate surface area is 114 Å². The van der Waals surface area contributed by atoms with Crippen molar-refractivity contribution >= 4 is 17.7 Å². The van der Waals surface area contributed by atoms with Gasteiger partial charge < -0.3 is 5.32 Å². The average molecular weight is 263 g/mol. The van der Waals surface area contributed by atoms with Gasteiger partial charge in [0, 0.05) is 17.4 Å². The Kier molecular flexibility index (Phi) is 5.12. The summed E-state index contributed by atoms with van der Waals surface area (Å²) in [6, 6.07) is 8.65. The van der Waals surface area contributed by atoms with Gasteiger partial charge in [0.05, 0.1) is 0 Å². The Balaban J connectivity index is 1.70. The summed E-state index contributed by atoms with van der Waals surface area (Å²) >= 11 is 1.86. The zero-order valence-electron chi connectivity index (χ0n) is 10.9. The molecule has 0 spiro atoms. The van der Waals surface area contributed by atoms with Crippen LogP contribution < -0.4 is 5.32 Å². The van der Waals surface area contributed by atoms with Crippen molar-refractivity contribution in [2.75, 3.05) is 12.3 Å². The van der Waals surface area contributed by atoms with Crippen LogP contribution in [0.1, 0.15) is 31.7 Å². The molecule has 0 aliphatic heterocycles. The molecule has 1 fully saturated rings. The third-order valence-electron chi connectivity index (χ3n) is 3.42. The fraction of sp³-hybridized carbons (Fsp3) is 0.533. The average Bonchev–Trinajstić information content (AvgIpc) is 2.29. The quantitative estimate of drug-likeness (QED) is 0.798. The van der Waals surface area contributed by atoms with Gasteiger partial charge in [-0.25, -0.2) is 0 Å². The van der Waals surface area contributed by atoms with E-state index in [0.29, 0.717) is 5.92 Å². The van der Waals surface area contributed by atoms with Crippen LogP contribution in [0.5, 0.6) is 0 Å². The van der Waals surface area contributed by atoms with Crippen molar-refractivity contribution in [1.82, 2.24) is 5.32 Å². The molecule has 0 bridgehead atoms. The van der Waals surface area contributed by atoms with Gasteiger partial charge in [-0.1, -0.05) is 25.5 Å². The number of benzene rings is 1. The fourth-order valence-corrected chi connectivity index (χ4v) is 2.73. The summed E-state index contributed by atoms with van der Waals surface area (Å²) in [7, 11) is 0. The molecule has 98 valence electrons. The van der Waals surface area contributed by atoms with E-state index in [2.05, 4.69) is 36.5 Å². The van der Waals surface area contributed by atoms with Crippen molar-refractivity contribution in [3.05, 3.63) is 29.8 Å². The van der Waals surface area contributed by atoms with Crippen molar-refractivity contribution in [2.24, 2.45) is 5.92 Å². The maximum atomic E-state index is 11.6. The van der Waals surface area contributed by atoms with Gasteiger partial charge in [0.15, 0.2) is 0 Å². The number of amides is 1. The van der Waals surface area contributed by atoms with Crippen LogP contribution in [-0.2, 0) is 11.2 Å². The minimum Gasteiger partial charge on any atom is -0.356 e. The molecule has 1 N–H and O–H groups in total. The smallest absolute Gasteiger partial charge is 0.223 e. The lowest BCUT2D eigenvalue weighted by Crippen LogP contribution is -2.35. The molecule has 1 amide bonds. The van der Waals surface area contributed by atoms with Gasteiger partial charge in [0.1, 0.15) is 0 Å². The highest BCUT2D eigenvalue weighted by Gasteiger charge is 2.24. The molecule has 0 aromatic heterocycles. The molecule has 1 aromatic rings. The molecule has 1 aliphatic rings. The molecule has 2 nitrogen and oxygen atoms in total. The highest BCUT2D eigenvalue weighted by atomic mass is 32.2. The van der Waals surface area contributed by atoms with Crippen molar-refractivity contribution in [3.8, 4) is 0 Å². The van der Waals surface area contributed by atoms with Gasteiger partial charge in [-0.2, -0.15) is 0 Å². The van der Waals surface area contributed by atoms with E-state index in [1.807, 2.05) is 11.8 Å². The number of rotatable bonds is 6. The molecule has 1 saturated carbocycles. The summed E-state index contributed by atoms with van der Waals surface area (Å²) in [5.74, 6) is 1.66. The molecule has 0 radical (unpaired) electrons.